The summed E-state index contributed by atoms with van der Waals surface area (Å²) >= 11 is 6.16. The topological polar surface area (TPSA) is 71.4 Å². The number of carbonyl (C=O) groups excluding carboxylic acids is 2. The minimum Gasteiger partial charge on any atom is -0.465 e. The van der Waals surface area contributed by atoms with Crippen LogP contribution in [0.4, 0.5) is 0 Å². The molecule has 0 amide bonds. The molecule has 7 nitrogen and oxygen atoms in total. The van der Waals surface area contributed by atoms with Gasteiger partial charge in [0.05, 0.1) is 18.2 Å². The second-order valence-electron chi connectivity index (χ2n) is 11.2. The van der Waals surface area contributed by atoms with E-state index in [0.717, 1.165) is 31.7 Å². The van der Waals surface area contributed by atoms with Gasteiger partial charge in [0.2, 0.25) is 0 Å². The molecule has 230 valence electrons. The van der Waals surface area contributed by atoms with Crippen molar-refractivity contribution >= 4 is 29.3 Å². The van der Waals surface area contributed by atoms with Crippen molar-refractivity contribution in [2.75, 3.05) is 45.9 Å². The summed E-state index contributed by atoms with van der Waals surface area (Å²) in [5.41, 5.74) is 4.90. The zero-order valence-corrected chi connectivity index (χ0v) is 26.4. The van der Waals surface area contributed by atoms with Crippen molar-refractivity contribution in [3.63, 3.8) is 0 Å². The largest absolute Gasteiger partial charge is 0.465 e. The second kappa shape index (κ2) is 14.8. The second-order valence-corrected chi connectivity index (χ2v) is 11.7. The number of rotatable bonds is 10. The number of ether oxygens (including phenoxy) is 2. The van der Waals surface area contributed by atoms with Crippen molar-refractivity contribution in [1.82, 2.24) is 9.80 Å². The Labute approximate surface area is 265 Å². The molecule has 0 aliphatic carbocycles. The number of nitrogens with zero attached hydrogens (tertiary/aromatic N) is 3. The fraction of sp³-hybridized carbons (Fsp3) is 0.361. The lowest BCUT2D eigenvalue weighted by molar-refractivity contribution is -0.146. The molecule has 2 atom stereocenters. The van der Waals surface area contributed by atoms with E-state index in [9.17, 15) is 9.59 Å². The number of allylic oxidation sites excluding steroid dienone is 1. The first-order valence-electron chi connectivity index (χ1n) is 15.3. The van der Waals surface area contributed by atoms with E-state index in [0.29, 0.717) is 28.5 Å². The summed E-state index contributed by atoms with van der Waals surface area (Å²) in [6, 6.07) is 28.7. The number of benzene rings is 3. The Hall–Kier alpha value is -3.78. The fourth-order valence-electron chi connectivity index (χ4n) is 6.34. The first-order chi connectivity index (χ1) is 21.4. The Kier molecular flexibility index (Phi) is 10.6. The van der Waals surface area contributed by atoms with Gasteiger partial charge in [-0.3, -0.25) is 19.6 Å². The molecule has 0 N–H and O–H groups in total. The number of aliphatic imine (C=N–C) groups is 1. The fourth-order valence-corrected chi connectivity index (χ4v) is 6.47. The Bertz CT molecular complexity index is 1440. The third-order valence-electron chi connectivity index (χ3n) is 8.46. The Morgan fingerprint density at radius 2 is 1.45 bits per heavy atom. The highest BCUT2D eigenvalue weighted by atomic mass is 35.5. The molecule has 2 aliphatic rings. The molecule has 3 aromatic carbocycles. The lowest BCUT2D eigenvalue weighted by Gasteiger charge is -2.39. The molecule has 2 heterocycles. The smallest absolute Gasteiger partial charge is 0.336 e. The summed E-state index contributed by atoms with van der Waals surface area (Å²) in [7, 11) is 0. The number of hydrogen-bond acceptors (Lipinski definition) is 7. The van der Waals surface area contributed by atoms with Gasteiger partial charge in [0.25, 0.3) is 0 Å². The van der Waals surface area contributed by atoms with Crippen LogP contribution in [0.15, 0.2) is 101 Å². The summed E-state index contributed by atoms with van der Waals surface area (Å²) in [6.07, 6.45) is 0. The van der Waals surface area contributed by atoms with E-state index in [1.807, 2.05) is 12.1 Å². The predicted molar refractivity (Wildman–Crippen MR) is 174 cm³/mol. The first kappa shape index (κ1) is 31.6. The number of piperazine rings is 1. The van der Waals surface area contributed by atoms with Gasteiger partial charge in [-0.05, 0) is 49.6 Å². The van der Waals surface area contributed by atoms with Gasteiger partial charge in [-0.25, -0.2) is 4.79 Å². The number of hydrogen-bond donors (Lipinski definition) is 0. The Morgan fingerprint density at radius 3 is 2.02 bits per heavy atom. The molecule has 1 saturated heterocycles. The van der Waals surface area contributed by atoms with Crippen LogP contribution in [0.5, 0.6) is 0 Å². The van der Waals surface area contributed by atoms with Crippen LogP contribution < -0.4 is 0 Å². The molecule has 0 aromatic heterocycles. The number of halogens is 1. The Balaban J connectivity index is 1.24. The molecular weight excluding hydrogens is 574 g/mol. The normalized spacial score (nSPS) is 19.5. The SMILES string of the molecule is CCOC(=O)C1C(C)=NC(C)=C(C(=O)OCCN2CCN(C(c3ccccc3)c3ccccc3)CC2)C1c1ccc(Cl)cc1. The molecular formula is C36H40ClN3O4. The molecule has 1 fully saturated rings. The van der Waals surface area contributed by atoms with E-state index in [-0.39, 0.29) is 19.3 Å². The van der Waals surface area contributed by atoms with Crippen molar-refractivity contribution in [1.29, 1.82) is 0 Å². The Morgan fingerprint density at radius 1 is 0.864 bits per heavy atom. The molecule has 2 aliphatic heterocycles. The summed E-state index contributed by atoms with van der Waals surface area (Å²) in [5, 5.41) is 0.575. The summed E-state index contributed by atoms with van der Waals surface area (Å²) < 4.78 is 11.3. The van der Waals surface area contributed by atoms with Crippen LogP contribution in [-0.4, -0.2) is 73.4 Å². The molecule has 0 radical (unpaired) electrons. The van der Waals surface area contributed by atoms with Crippen LogP contribution >= 0.6 is 11.6 Å². The van der Waals surface area contributed by atoms with E-state index >= 15 is 0 Å². The van der Waals surface area contributed by atoms with E-state index in [2.05, 4.69) is 75.5 Å². The summed E-state index contributed by atoms with van der Waals surface area (Å²) in [5.74, 6) is -2.17. The lowest BCUT2D eigenvalue weighted by atomic mass is 9.75. The van der Waals surface area contributed by atoms with Crippen molar-refractivity contribution in [2.24, 2.45) is 10.9 Å². The van der Waals surface area contributed by atoms with E-state index in [4.69, 9.17) is 21.1 Å². The molecule has 0 spiro atoms. The predicted octanol–water partition coefficient (Wildman–Crippen LogP) is 6.30. The zero-order chi connectivity index (χ0) is 31.1. The molecule has 2 unspecified atom stereocenters. The maximum Gasteiger partial charge on any atom is 0.336 e. The van der Waals surface area contributed by atoms with Crippen LogP contribution in [0.2, 0.25) is 5.02 Å². The van der Waals surface area contributed by atoms with Crippen LogP contribution in [0.3, 0.4) is 0 Å². The van der Waals surface area contributed by atoms with Crippen LogP contribution in [0.25, 0.3) is 0 Å². The average molecular weight is 614 g/mol. The number of esters is 2. The van der Waals surface area contributed by atoms with Gasteiger partial charge in [0.1, 0.15) is 12.5 Å². The van der Waals surface area contributed by atoms with E-state index in [1.54, 1.807) is 32.9 Å². The zero-order valence-electron chi connectivity index (χ0n) is 25.6. The quantitative estimate of drug-likeness (QED) is 0.250. The molecule has 44 heavy (non-hydrogen) atoms. The van der Waals surface area contributed by atoms with Crippen molar-refractivity contribution in [3.8, 4) is 0 Å². The van der Waals surface area contributed by atoms with Crippen LogP contribution in [-0.2, 0) is 19.1 Å². The van der Waals surface area contributed by atoms with Crippen molar-refractivity contribution < 1.29 is 19.1 Å². The van der Waals surface area contributed by atoms with Gasteiger partial charge in [0, 0.05) is 55.1 Å². The van der Waals surface area contributed by atoms with Gasteiger partial charge < -0.3 is 9.47 Å². The van der Waals surface area contributed by atoms with Crippen molar-refractivity contribution in [2.45, 2.75) is 32.7 Å². The van der Waals surface area contributed by atoms with Gasteiger partial charge in [-0.1, -0.05) is 84.4 Å². The van der Waals surface area contributed by atoms with Crippen LogP contribution in [0, 0.1) is 5.92 Å². The third kappa shape index (κ3) is 7.29. The number of carbonyl (C=O) groups is 2. The maximum absolute atomic E-state index is 13.6. The molecule has 3 aromatic rings. The van der Waals surface area contributed by atoms with Crippen molar-refractivity contribution in [3.05, 3.63) is 118 Å². The third-order valence-corrected chi connectivity index (χ3v) is 8.71. The molecule has 5 rings (SSSR count). The first-order valence-corrected chi connectivity index (χ1v) is 15.7. The average Bonchev–Trinajstić information content (AvgIpc) is 3.03. The highest BCUT2D eigenvalue weighted by molar-refractivity contribution is 6.30. The lowest BCUT2D eigenvalue weighted by Crippen LogP contribution is -2.48. The summed E-state index contributed by atoms with van der Waals surface area (Å²) in [4.78, 5) is 36.2. The highest BCUT2D eigenvalue weighted by Gasteiger charge is 2.42. The van der Waals surface area contributed by atoms with Gasteiger partial charge in [0.15, 0.2) is 0 Å². The molecule has 0 bridgehead atoms. The highest BCUT2D eigenvalue weighted by Crippen LogP contribution is 2.40. The van der Waals surface area contributed by atoms with Gasteiger partial charge >= 0.3 is 11.9 Å². The monoisotopic (exact) mass is 613 g/mol. The van der Waals surface area contributed by atoms with Gasteiger partial charge in [-0.2, -0.15) is 0 Å². The maximum atomic E-state index is 13.6. The van der Waals surface area contributed by atoms with Crippen LogP contribution in [0.1, 0.15) is 49.4 Å². The molecule has 8 heteroatoms. The standard InChI is InChI=1S/C36H40ClN3O4/c1-4-43-35(41)31-25(2)38-26(3)32(33(31)27-15-17-30(37)18-16-27)36(42)44-24-23-39-19-21-40(22-20-39)34(28-11-7-5-8-12-28)29-13-9-6-10-14-29/h5-18,31,33-34H,4,19-24H2,1-3H3. The van der Waals surface area contributed by atoms with Gasteiger partial charge in [-0.15, -0.1) is 0 Å². The minimum absolute atomic E-state index is 0.194. The summed E-state index contributed by atoms with van der Waals surface area (Å²) in [6.45, 7) is 10.0. The van der Waals surface area contributed by atoms with E-state index < -0.39 is 23.8 Å². The minimum atomic E-state index is -0.724. The molecule has 0 saturated carbocycles. The van der Waals surface area contributed by atoms with E-state index in [1.165, 1.54) is 11.1 Å².